The lowest BCUT2D eigenvalue weighted by atomic mass is 9.96. The molecule has 0 bridgehead atoms. The van der Waals surface area contributed by atoms with Crippen LogP contribution in [0, 0.1) is 10.8 Å². The molecule has 0 aromatic heterocycles. The number of hydrogen-bond acceptors (Lipinski definition) is 2. The van der Waals surface area contributed by atoms with Gasteiger partial charge in [-0.25, -0.2) is 0 Å². The van der Waals surface area contributed by atoms with E-state index in [9.17, 15) is 0 Å². The van der Waals surface area contributed by atoms with Crippen molar-refractivity contribution in [3.05, 3.63) is 29.8 Å². The first-order valence-electron chi connectivity index (χ1n) is 7.20. The third-order valence-electron chi connectivity index (χ3n) is 2.80. The van der Waals surface area contributed by atoms with Gasteiger partial charge in [-0.15, -0.1) is 0 Å². The second kappa shape index (κ2) is 6.42. The van der Waals surface area contributed by atoms with E-state index < -0.39 is 0 Å². The number of nitrogens with one attached hydrogen (secondary N) is 2. The minimum atomic E-state index is 0.298. The summed E-state index contributed by atoms with van der Waals surface area (Å²) in [6, 6.07) is 8.56. The Morgan fingerprint density at radius 2 is 1.42 bits per heavy atom. The van der Waals surface area contributed by atoms with Crippen LogP contribution >= 0.6 is 0 Å². The van der Waals surface area contributed by atoms with Crippen LogP contribution in [0.15, 0.2) is 24.3 Å². The van der Waals surface area contributed by atoms with Crippen LogP contribution in [0.2, 0.25) is 0 Å². The fourth-order valence-corrected chi connectivity index (χ4v) is 1.78. The first kappa shape index (κ1) is 16.0. The Balaban J connectivity index is 2.58. The molecule has 0 atom stereocenters. The molecular weight excluding hydrogens is 232 g/mol. The summed E-state index contributed by atoms with van der Waals surface area (Å²) in [6.45, 7) is 16.5. The zero-order valence-corrected chi connectivity index (χ0v) is 13.4. The average molecular weight is 262 g/mol. The molecule has 0 radical (unpaired) electrons. The summed E-state index contributed by atoms with van der Waals surface area (Å²) >= 11 is 0. The molecule has 108 valence electrons. The van der Waals surface area contributed by atoms with Crippen LogP contribution in [-0.2, 0) is 6.54 Å². The summed E-state index contributed by atoms with van der Waals surface area (Å²) in [5, 5.41) is 7.10. The SMILES string of the molecule is CC(C)(C)CNCc1ccccc1NCC(C)(C)C. The van der Waals surface area contributed by atoms with Gasteiger partial charge in [0.2, 0.25) is 0 Å². The van der Waals surface area contributed by atoms with E-state index in [0.717, 1.165) is 19.6 Å². The molecule has 1 rings (SSSR count). The Labute approximate surface area is 119 Å². The molecule has 2 nitrogen and oxygen atoms in total. The van der Waals surface area contributed by atoms with E-state index in [1.165, 1.54) is 11.3 Å². The summed E-state index contributed by atoms with van der Waals surface area (Å²) < 4.78 is 0. The average Bonchev–Trinajstić information content (AvgIpc) is 2.25. The number of anilines is 1. The molecule has 0 fully saturated rings. The van der Waals surface area contributed by atoms with Crippen molar-refractivity contribution < 1.29 is 0 Å². The number of hydrogen-bond donors (Lipinski definition) is 2. The zero-order valence-electron chi connectivity index (χ0n) is 13.4. The molecule has 0 saturated heterocycles. The molecule has 1 aromatic rings. The lowest BCUT2D eigenvalue weighted by Crippen LogP contribution is -2.27. The standard InChI is InChI=1S/C17H30N2/c1-16(2,3)12-18-11-14-9-7-8-10-15(14)19-13-17(4,5)6/h7-10,18-19H,11-13H2,1-6H3. The topological polar surface area (TPSA) is 24.1 Å². The normalized spacial score (nSPS) is 12.5. The van der Waals surface area contributed by atoms with Crippen molar-refractivity contribution in [3.63, 3.8) is 0 Å². The predicted molar refractivity (Wildman–Crippen MR) is 85.5 cm³/mol. The van der Waals surface area contributed by atoms with Crippen LogP contribution < -0.4 is 10.6 Å². The van der Waals surface area contributed by atoms with Gasteiger partial charge in [-0.05, 0) is 22.5 Å². The molecule has 1 aromatic carbocycles. The highest BCUT2D eigenvalue weighted by atomic mass is 14.9. The molecule has 0 unspecified atom stereocenters. The lowest BCUT2D eigenvalue weighted by Gasteiger charge is -2.22. The first-order valence-corrected chi connectivity index (χ1v) is 7.20. The summed E-state index contributed by atoms with van der Waals surface area (Å²) in [6.07, 6.45) is 0. The van der Waals surface area contributed by atoms with Crippen molar-refractivity contribution in [2.75, 3.05) is 18.4 Å². The smallest absolute Gasteiger partial charge is 0.0385 e. The van der Waals surface area contributed by atoms with Crippen molar-refractivity contribution >= 4 is 5.69 Å². The maximum absolute atomic E-state index is 3.56. The van der Waals surface area contributed by atoms with E-state index >= 15 is 0 Å². The van der Waals surface area contributed by atoms with Gasteiger partial charge >= 0.3 is 0 Å². The molecule has 0 amide bonds. The molecule has 0 heterocycles. The lowest BCUT2D eigenvalue weighted by molar-refractivity contribution is 0.379. The molecule has 2 N–H and O–H groups in total. The Hall–Kier alpha value is -1.02. The van der Waals surface area contributed by atoms with Gasteiger partial charge in [0, 0.05) is 25.3 Å². The van der Waals surface area contributed by atoms with Crippen LogP contribution in [0.5, 0.6) is 0 Å². The third-order valence-corrected chi connectivity index (χ3v) is 2.80. The number of para-hydroxylation sites is 1. The van der Waals surface area contributed by atoms with Gasteiger partial charge in [0.1, 0.15) is 0 Å². The summed E-state index contributed by atoms with van der Waals surface area (Å²) in [4.78, 5) is 0. The molecule has 0 saturated carbocycles. The van der Waals surface area contributed by atoms with Crippen LogP contribution in [0.1, 0.15) is 47.1 Å². The largest absolute Gasteiger partial charge is 0.384 e. The van der Waals surface area contributed by atoms with Gasteiger partial charge in [0.05, 0.1) is 0 Å². The van der Waals surface area contributed by atoms with Gasteiger partial charge in [-0.2, -0.15) is 0 Å². The molecule has 0 aliphatic heterocycles. The fraction of sp³-hybridized carbons (Fsp3) is 0.647. The Bertz CT molecular complexity index is 383. The van der Waals surface area contributed by atoms with Crippen LogP contribution in [0.25, 0.3) is 0 Å². The molecule has 19 heavy (non-hydrogen) atoms. The highest BCUT2D eigenvalue weighted by Gasteiger charge is 2.12. The Kier molecular flexibility index (Phi) is 5.42. The minimum absolute atomic E-state index is 0.298. The highest BCUT2D eigenvalue weighted by molar-refractivity contribution is 5.51. The van der Waals surface area contributed by atoms with E-state index in [0.29, 0.717) is 10.8 Å². The van der Waals surface area contributed by atoms with Crippen molar-refractivity contribution in [2.45, 2.75) is 48.1 Å². The Morgan fingerprint density at radius 1 is 0.842 bits per heavy atom. The maximum Gasteiger partial charge on any atom is 0.0385 e. The molecular formula is C17H30N2. The molecule has 0 spiro atoms. The van der Waals surface area contributed by atoms with Gasteiger partial charge in [-0.3, -0.25) is 0 Å². The van der Waals surface area contributed by atoms with E-state index in [1.54, 1.807) is 0 Å². The van der Waals surface area contributed by atoms with Crippen LogP contribution in [0.4, 0.5) is 5.69 Å². The predicted octanol–water partition coefficient (Wildman–Crippen LogP) is 4.28. The second-order valence-corrected chi connectivity index (χ2v) is 7.74. The molecule has 0 aliphatic rings. The quantitative estimate of drug-likeness (QED) is 0.827. The van der Waals surface area contributed by atoms with E-state index in [2.05, 4.69) is 76.4 Å². The van der Waals surface area contributed by atoms with Gasteiger partial charge in [0.15, 0.2) is 0 Å². The first-order chi connectivity index (χ1) is 8.67. The van der Waals surface area contributed by atoms with Gasteiger partial charge in [-0.1, -0.05) is 59.7 Å². The summed E-state index contributed by atoms with van der Waals surface area (Å²) in [7, 11) is 0. The van der Waals surface area contributed by atoms with E-state index in [-0.39, 0.29) is 0 Å². The van der Waals surface area contributed by atoms with Crippen molar-refractivity contribution in [1.82, 2.24) is 5.32 Å². The van der Waals surface area contributed by atoms with Crippen molar-refractivity contribution in [3.8, 4) is 0 Å². The second-order valence-electron chi connectivity index (χ2n) is 7.74. The maximum atomic E-state index is 3.56. The fourth-order valence-electron chi connectivity index (χ4n) is 1.78. The van der Waals surface area contributed by atoms with Crippen LogP contribution in [-0.4, -0.2) is 13.1 Å². The summed E-state index contributed by atoms with van der Waals surface area (Å²) in [5.41, 5.74) is 3.22. The summed E-state index contributed by atoms with van der Waals surface area (Å²) in [5.74, 6) is 0. The van der Waals surface area contributed by atoms with Crippen LogP contribution in [0.3, 0.4) is 0 Å². The number of benzene rings is 1. The Morgan fingerprint density at radius 3 is 2.00 bits per heavy atom. The monoisotopic (exact) mass is 262 g/mol. The van der Waals surface area contributed by atoms with Gasteiger partial charge in [0.25, 0.3) is 0 Å². The third kappa shape index (κ3) is 7.22. The number of rotatable bonds is 5. The van der Waals surface area contributed by atoms with Gasteiger partial charge < -0.3 is 10.6 Å². The highest BCUT2D eigenvalue weighted by Crippen LogP contribution is 2.19. The van der Waals surface area contributed by atoms with E-state index in [4.69, 9.17) is 0 Å². The minimum Gasteiger partial charge on any atom is -0.384 e. The van der Waals surface area contributed by atoms with Crippen molar-refractivity contribution in [1.29, 1.82) is 0 Å². The molecule has 0 aliphatic carbocycles. The zero-order chi connectivity index (χ0) is 14.5. The van der Waals surface area contributed by atoms with E-state index in [1.807, 2.05) is 0 Å². The molecule has 2 heteroatoms. The van der Waals surface area contributed by atoms with Crippen molar-refractivity contribution in [2.24, 2.45) is 10.8 Å².